The van der Waals surface area contributed by atoms with Crippen LogP contribution in [0.3, 0.4) is 0 Å². The van der Waals surface area contributed by atoms with Gasteiger partial charge in [-0.1, -0.05) is 78.4 Å². The summed E-state index contributed by atoms with van der Waals surface area (Å²) >= 11 is 0. The summed E-state index contributed by atoms with van der Waals surface area (Å²) in [6.07, 6.45) is -4.05. The molecule has 262 valence electrons. The van der Waals surface area contributed by atoms with Crippen LogP contribution in [0.25, 0.3) is 0 Å². The van der Waals surface area contributed by atoms with Crippen LogP contribution in [0.1, 0.15) is 88.3 Å². The molecule has 10 heteroatoms. The number of aliphatic hydroxyl groups is 1. The summed E-state index contributed by atoms with van der Waals surface area (Å²) in [5.74, 6) is 0.939. The van der Waals surface area contributed by atoms with Gasteiger partial charge >= 0.3 is 31.1 Å². The van der Waals surface area contributed by atoms with Crippen LogP contribution in [0.15, 0.2) is 91.5 Å². The van der Waals surface area contributed by atoms with Gasteiger partial charge in [0.1, 0.15) is 12.2 Å². The molecule has 0 bridgehead atoms. The number of allylic oxidation sites excluding steroid dienone is 1. The molecule has 1 saturated heterocycles. The van der Waals surface area contributed by atoms with Crippen molar-refractivity contribution in [3.05, 3.63) is 125 Å². The number of hydrogen-bond donors (Lipinski definition) is 1. The molecule has 0 aromatic heterocycles. The Kier molecular flexibility index (Phi) is 17.6. The van der Waals surface area contributed by atoms with Gasteiger partial charge in [0.15, 0.2) is 5.78 Å². The number of benzene rings is 3. The number of piperidine rings is 1. The summed E-state index contributed by atoms with van der Waals surface area (Å²) in [6.45, 7) is 15.6. The van der Waals surface area contributed by atoms with Crippen molar-refractivity contribution in [1.29, 1.82) is 0 Å². The van der Waals surface area contributed by atoms with Gasteiger partial charge in [0.2, 0.25) is 0 Å². The first kappa shape index (κ1) is 43.7. The van der Waals surface area contributed by atoms with Crippen LogP contribution in [0.2, 0.25) is 0 Å². The van der Waals surface area contributed by atoms with Crippen LogP contribution in [-0.4, -0.2) is 40.6 Å². The molecule has 1 aliphatic heterocycles. The van der Waals surface area contributed by atoms with Gasteiger partial charge in [-0.25, -0.2) is 4.79 Å². The largest absolute Gasteiger partial charge is 1.00 e. The number of Topliss-reactive ketones (excluding diaryl/α,β-unsaturated/α-hetero) is 1. The van der Waals surface area contributed by atoms with Gasteiger partial charge in [-0.05, 0) is 69.4 Å². The number of likely N-dealkylation sites (tertiary alicyclic amines) is 1. The molecule has 49 heavy (non-hydrogen) atoms. The first-order valence-electron chi connectivity index (χ1n) is 15.9. The fourth-order valence-corrected chi connectivity index (χ4v) is 5.22. The number of rotatable bonds is 8. The summed E-state index contributed by atoms with van der Waals surface area (Å²) in [6, 6.07) is 21.9. The molecule has 1 unspecified atom stereocenters. The maximum absolute atomic E-state index is 13.7. The Labute approximate surface area is 301 Å². The Morgan fingerprint density at radius 3 is 2.06 bits per heavy atom. The summed E-state index contributed by atoms with van der Waals surface area (Å²) in [5.41, 5.74) is -1.48. The predicted octanol–water partition coefficient (Wildman–Crippen LogP) is 6.56. The van der Waals surface area contributed by atoms with Crippen molar-refractivity contribution in [3.63, 3.8) is 0 Å². The summed E-state index contributed by atoms with van der Waals surface area (Å²) in [7, 11) is 0. The third-order valence-electron chi connectivity index (χ3n) is 7.75. The average Bonchev–Trinajstić information content (AvgIpc) is 3.03. The molecule has 0 aliphatic carbocycles. The average molecular weight is 676 g/mol. The van der Waals surface area contributed by atoms with E-state index in [9.17, 15) is 27.9 Å². The number of hydrogen-bond acceptors (Lipinski definition) is 5. The standard InChI is InChI=1S/C32H34F3NO5.C4H9.C3H6.Li/c1-22-16-26(18-28(17-22)32(33,34)35)23(2)41-21-30(27-12-8-5-9-13-27)14-15-31(39,24(3)37)20-36(30)29(38)40-19-25-10-6-4-7-11-25;1-4(2)3;1-3-2;/h4-13,16-18,23,39H,14-15,19-21H2,1-3H3;1-3H3;3H,1H2,2H3;/q;-1;;+1/t23-,30-,31?;;;/m1.../s1. The van der Waals surface area contributed by atoms with Gasteiger partial charge in [-0.3, -0.25) is 9.69 Å². The van der Waals surface area contributed by atoms with Crippen LogP contribution < -0.4 is 18.9 Å². The number of alkyl halides is 3. The molecule has 3 aromatic rings. The molecule has 1 heterocycles. The third kappa shape index (κ3) is 12.8. The second-order valence-electron chi connectivity index (χ2n) is 12.6. The number of ketones is 1. The van der Waals surface area contributed by atoms with E-state index in [0.29, 0.717) is 16.7 Å². The van der Waals surface area contributed by atoms with E-state index in [1.807, 2.05) is 55.5 Å². The number of β-amino-alcohol motifs (C(OH)–C–C–N with tert-alkyl or cyclic N) is 1. The van der Waals surface area contributed by atoms with Crippen LogP contribution in [-0.2, 0) is 32.6 Å². The summed E-state index contributed by atoms with van der Waals surface area (Å²) < 4.78 is 52.4. The van der Waals surface area contributed by atoms with Gasteiger partial charge in [-0.2, -0.15) is 33.9 Å². The second kappa shape index (κ2) is 19.7. The molecule has 6 nitrogen and oxygen atoms in total. The van der Waals surface area contributed by atoms with Gasteiger partial charge in [0.25, 0.3) is 0 Å². The van der Waals surface area contributed by atoms with E-state index < -0.39 is 40.9 Å². The van der Waals surface area contributed by atoms with E-state index >= 15 is 0 Å². The Balaban J connectivity index is 0.00000137. The minimum Gasteiger partial charge on any atom is -0.445 e. The zero-order chi connectivity index (χ0) is 36.1. The Morgan fingerprint density at radius 2 is 1.55 bits per heavy atom. The van der Waals surface area contributed by atoms with E-state index in [4.69, 9.17) is 9.47 Å². The molecule has 1 fully saturated rings. The maximum Gasteiger partial charge on any atom is 1.00 e. The van der Waals surface area contributed by atoms with Crippen molar-refractivity contribution >= 4 is 11.9 Å². The minimum atomic E-state index is -4.51. The van der Waals surface area contributed by atoms with Crippen molar-refractivity contribution < 1.29 is 56.2 Å². The molecular formula is C39H49F3LiNO5. The Morgan fingerprint density at radius 1 is 1.02 bits per heavy atom. The number of amides is 1. The van der Waals surface area contributed by atoms with Crippen molar-refractivity contribution in [3.8, 4) is 0 Å². The van der Waals surface area contributed by atoms with Crippen molar-refractivity contribution in [2.24, 2.45) is 0 Å². The second-order valence-corrected chi connectivity index (χ2v) is 12.6. The number of carbonyl (C=O) groups excluding carboxylic acids is 2. The van der Waals surface area contributed by atoms with E-state index in [0.717, 1.165) is 17.7 Å². The molecule has 0 spiro atoms. The minimum absolute atomic E-state index is 0. The van der Waals surface area contributed by atoms with Crippen molar-refractivity contribution in [1.82, 2.24) is 4.90 Å². The van der Waals surface area contributed by atoms with E-state index in [2.05, 4.69) is 27.4 Å². The molecule has 3 aromatic carbocycles. The smallest absolute Gasteiger partial charge is 0.445 e. The van der Waals surface area contributed by atoms with Crippen LogP contribution >= 0.6 is 0 Å². The van der Waals surface area contributed by atoms with E-state index in [-0.39, 0.29) is 51.5 Å². The Hall–Kier alpha value is -3.35. The van der Waals surface area contributed by atoms with Crippen LogP contribution in [0.5, 0.6) is 0 Å². The maximum atomic E-state index is 13.7. The van der Waals surface area contributed by atoms with E-state index in [1.54, 1.807) is 38.1 Å². The van der Waals surface area contributed by atoms with Crippen LogP contribution in [0, 0.1) is 12.8 Å². The topological polar surface area (TPSA) is 76.1 Å². The van der Waals surface area contributed by atoms with Gasteiger partial charge in [0.05, 0.1) is 30.4 Å². The fraction of sp³-hybridized carbons (Fsp3) is 0.410. The van der Waals surface area contributed by atoms with Crippen molar-refractivity contribution in [2.75, 3.05) is 13.2 Å². The first-order valence-corrected chi connectivity index (χ1v) is 15.9. The molecule has 1 N–H and O–H groups in total. The zero-order valence-electron chi connectivity index (χ0n) is 30.1. The molecular weight excluding hydrogens is 626 g/mol. The van der Waals surface area contributed by atoms with Gasteiger partial charge in [-0.15, -0.1) is 6.58 Å². The first-order chi connectivity index (χ1) is 22.5. The summed E-state index contributed by atoms with van der Waals surface area (Å²) in [4.78, 5) is 27.5. The normalized spacial score (nSPS) is 19.2. The van der Waals surface area contributed by atoms with Gasteiger partial charge < -0.3 is 20.5 Å². The quantitative estimate of drug-likeness (QED) is 0.167. The zero-order valence-corrected chi connectivity index (χ0v) is 30.1. The number of ether oxygens (including phenoxy) is 2. The van der Waals surface area contributed by atoms with Crippen LogP contribution in [0.4, 0.5) is 18.0 Å². The molecule has 1 aliphatic rings. The SMILES string of the molecule is C=CC.CC(=O)C1(O)CC[C@@](CO[C@H](C)c2cc(C)cc(C(F)(F)F)c2)(c2ccccc2)N(C(=O)OCc2ccccc2)C1.C[C-](C)C.[Li+]. The molecule has 4 rings (SSSR count). The predicted molar refractivity (Wildman–Crippen MR) is 183 cm³/mol. The fourth-order valence-electron chi connectivity index (χ4n) is 5.22. The molecule has 0 saturated carbocycles. The molecule has 3 atom stereocenters. The van der Waals surface area contributed by atoms with E-state index in [1.165, 1.54) is 17.7 Å². The molecule has 1 amide bonds. The number of nitrogens with zero attached hydrogens (tertiary/aromatic N) is 1. The number of carbonyl (C=O) groups is 2. The number of aryl methyl sites for hydroxylation is 1. The monoisotopic (exact) mass is 675 g/mol. The van der Waals surface area contributed by atoms with Crippen molar-refractivity contribution in [2.45, 2.75) is 91.3 Å². The number of halogens is 3. The Bertz CT molecular complexity index is 1470. The molecule has 0 radical (unpaired) electrons. The third-order valence-corrected chi connectivity index (χ3v) is 7.75. The van der Waals surface area contributed by atoms with Gasteiger partial charge in [0, 0.05) is 0 Å². The summed E-state index contributed by atoms with van der Waals surface area (Å²) in [5, 5.41) is 11.2.